The molecule has 0 amide bonds. The maximum atomic E-state index is 5.56. The SMILES string of the molecule is CCSc1c(N)n[nH]c1C. The maximum absolute atomic E-state index is 5.56. The second-order valence-corrected chi connectivity index (χ2v) is 3.27. The third-order valence-electron chi connectivity index (χ3n) is 1.21. The van der Waals surface area contributed by atoms with E-state index in [0.717, 1.165) is 16.3 Å². The van der Waals surface area contributed by atoms with E-state index in [-0.39, 0.29) is 0 Å². The molecule has 0 aliphatic heterocycles. The number of aryl methyl sites for hydroxylation is 1. The summed E-state index contributed by atoms with van der Waals surface area (Å²) >= 11 is 1.72. The maximum Gasteiger partial charge on any atom is 0.159 e. The second-order valence-electron chi connectivity index (χ2n) is 2.00. The van der Waals surface area contributed by atoms with Gasteiger partial charge >= 0.3 is 0 Å². The van der Waals surface area contributed by atoms with Crippen LogP contribution in [0.4, 0.5) is 5.82 Å². The number of aromatic amines is 1. The van der Waals surface area contributed by atoms with Gasteiger partial charge < -0.3 is 5.73 Å². The highest BCUT2D eigenvalue weighted by atomic mass is 32.2. The Morgan fingerprint density at radius 1 is 1.70 bits per heavy atom. The van der Waals surface area contributed by atoms with Crippen molar-refractivity contribution in [2.45, 2.75) is 18.7 Å². The fraction of sp³-hybridized carbons (Fsp3) is 0.500. The Morgan fingerprint density at radius 2 is 2.40 bits per heavy atom. The lowest BCUT2D eigenvalue weighted by molar-refractivity contribution is 1.05. The van der Waals surface area contributed by atoms with Crippen LogP contribution in [0.15, 0.2) is 4.90 Å². The van der Waals surface area contributed by atoms with Crippen molar-refractivity contribution < 1.29 is 0 Å². The summed E-state index contributed by atoms with van der Waals surface area (Å²) in [5, 5.41) is 6.69. The number of anilines is 1. The third-order valence-corrected chi connectivity index (χ3v) is 2.30. The lowest BCUT2D eigenvalue weighted by Gasteiger charge is -1.94. The molecule has 4 heteroatoms. The monoisotopic (exact) mass is 157 g/mol. The molecule has 0 atom stereocenters. The van der Waals surface area contributed by atoms with E-state index in [9.17, 15) is 0 Å². The highest BCUT2D eigenvalue weighted by molar-refractivity contribution is 7.99. The quantitative estimate of drug-likeness (QED) is 0.638. The Kier molecular flexibility index (Phi) is 2.21. The average Bonchev–Trinajstić information content (AvgIpc) is 2.20. The largest absolute Gasteiger partial charge is 0.381 e. The Labute approximate surface area is 64.4 Å². The summed E-state index contributed by atoms with van der Waals surface area (Å²) < 4.78 is 0. The van der Waals surface area contributed by atoms with Crippen molar-refractivity contribution in [2.75, 3.05) is 11.5 Å². The topological polar surface area (TPSA) is 54.7 Å². The Balaban J connectivity index is 2.87. The van der Waals surface area contributed by atoms with Crippen molar-refractivity contribution in [3.63, 3.8) is 0 Å². The summed E-state index contributed by atoms with van der Waals surface area (Å²) in [6, 6.07) is 0. The van der Waals surface area contributed by atoms with Gasteiger partial charge in [-0.1, -0.05) is 6.92 Å². The fourth-order valence-electron chi connectivity index (χ4n) is 0.764. The van der Waals surface area contributed by atoms with E-state index < -0.39 is 0 Å². The summed E-state index contributed by atoms with van der Waals surface area (Å²) in [5.74, 6) is 1.65. The van der Waals surface area contributed by atoms with Gasteiger partial charge in [-0.2, -0.15) is 5.10 Å². The van der Waals surface area contributed by atoms with Crippen molar-refractivity contribution in [3.8, 4) is 0 Å². The molecule has 0 spiro atoms. The Bertz CT molecular complexity index is 199. The zero-order valence-corrected chi connectivity index (χ0v) is 6.96. The Morgan fingerprint density at radius 3 is 2.80 bits per heavy atom. The summed E-state index contributed by atoms with van der Waals surface area (Å²) in [6.07, 6.45) is 0. The van der Waals surface area contributed by atoms with Crippen LogP contribution in [0.3, 0.4) is 0 Å². The zero-order valence-electron chi connectivity index (χ0n) is 6.14. The number of nitrogen functional groups attached to an aromatic ring is 1. The van der Waals surface area contributed by atoms with Gasteiger partial charge in [0.05, 0.1) is 4.90 Å². The lowest BCUT2D eigenvalue weighted by atomic mass is 10.5. The minimum absolute atomic E-state index is 0.615. The van der Waals surface area contributed by atoms with Crippen molar-refractivity contribution in [1.29, 1.82) is 0 Å². The van der Waals surface area contributed by atoms with Gasteiger partial charge in [0.15, 0.2) is 5.82 Å². The van der Waals surface area contributed by atoms with Gasteiger partial charge in [0.25, 0.3) is 0 Å². The molecule has 3 N–H and O–H groups in total. The molecule has 0 aliphatic rings. The van der Waals surface area contributed by atoms with Crippen LogP contribution in [-0.2, 0) is 0 Å². The predicted octanol–water partition coefficient (Wildman–Crippen LogP) is 1.41. The number of nitrogens with one attached hydrogen (secondary N) is 1. The molecular weight excluding hydrogens is 146 g/mol. The lowest BCUT2D eigenvalue weighted by Crippen LogP contribution is -1.86. The first-order chi connectivity index (χ1) is 4.75. The molecule has 0 fully saturated rings. The predicted molar refractivity (Wildman–Crippen MR) is 44.1 cm³/mol. The van der Waals surface area contributed by atoms with Gasteiger partial charge in [0.1, 0.15) is 0 Å². The number of rotatable bonds is 2. The van der Waals surface area contributed by atoms with Gasteiger partial charge in [-0.15, -0.1) is 11.8 Å². The van der Waals surface area contributed by atoms with Crippen molar-refractivity contribution in [2.24, 2.45) is 0 Å². The van der Waals surface area contributed by atoms with Crippen LogP contribution in [-0.4, -0.2) is 16.0 Å². The summed E-state index contributed by atoms with van der Waals surface area (Å²) in [4.78, 5) is 1.09. The van der Waals surface area contributed by atoms with E-state index in [4.69, 9.17) is 5.73 Å². The number of nitrogens with zero attached hydrogens (tertiary/aromatic N) is 1. The molecule has 0 radical (unpaired) electrons. The molecule has 1 rings (SSSR count). The summed E-state index contributed by atoms with van der Waals surface area (Å²) in [5.41, 5.74) is 6.62. The molecule has 1 aromatic rings. The van der Waals surface area contributed by atoms with E-state index in [0.29, 0.717) is 5.82 Å². The third kappa shape index (κ3) is 1.26. The molecule has 3 nitrogen and oxygen atoms in total. The highest BCUT2D eigenvalue weighted by Gasteiger charge is 2.04. The fourth-order valence-corrected chi connectivity index (χ4v) is 1.51. The summed E-state index contributed by atoms with van der Waals surface area (Å²) in [7, 11) is 0. The first-order valence-electron chi connectivity index (χ1n) is 3.19. The number of thioether (sulfide) groups is 1. The summed E-state index contributed by atoms with van der Waals surface area (Å²) in [6.45, 7) is 4.07. The average molecular weight is 157 g/mol. The molecule has 1 aromatic heterocycles. The number of aromatic nitrogens is 2. The van der Waals surface area contributed by atoms with Crippen LogP contribution in [0.2, 0.25) is 0 Å². The van der Waals surface area contributed by atoms with E-state index in [1.54, 1.807) is 11.8 Å². The number of hydrogen-bond donors (Lipinski definition) is 2. The molecule has 0 aliphatic carbocycles. The smallest absolute Gasteiger partial charge is 0.159 e. The molecule has 0 saturated carbocycles. The van der Waals surface area contributed by atoms with Crippen molar-refractivity contribution >= 4 is 17.6 Å². The van der Waals surface area contributed by atoms with Gasteiger partial charge in [0, 0.05) is 5.69 Å². The van der Waals surface area contributed by atoms with Gasteiger partial charge in [-0.25, -0.2) is 0 Å². The molecule has 1 heterocycles. The number of hydrogen-bond acceptors (Lipinski definition) is 3. The molecule has 0 unspecified atom stereocenters. The van der Waals surface area contributed by atoms with Crippen LogP contribution in [0.5, 0.6) is 0 Å². The molecule has 0 saturated heterocycles. The molecule has 56 valence electrons. The number of nitrogens with two attached hydrogens (primary N) is 1. The van der Waals surface area contributed by atoms with Gasteiger partial charge in [-0.3, -0.25) is 5.10 Å². The molecule has 10 heavy (non-hydrogen) atoms. The molecule has 0 aromatic carbocycles. The normalized spacial score (nSPS) is 10.2. The van der Waals surface area contributed by atoms with E-state index in [1.165, 1.54) is 0 Å². The van der Waals surface area contributed by atoms with Crippen LogP contribution >= 0.6 is 11.8 Å². The Hall–Kier alpha value is -0.640. The minimum Gasteiger partial charge on any atom is -0.381 e. The van der Waals surface area contributed by atoms with E-state index >= 15 is 0 Å². The first kappa shape index (κ1) is 7.47. The van der Waals surface area contributed by atoms with E-state index in [2.05, 4.69) is 17.1 Å². The van der Waals surface area contributed by atoms with Crippen molar-refractivity contribution in [3.05, 3.63) is 5.69 Å². The highest BCUT2D eigenvalue weighted by Crippen LogP contribution is 2.25. The van der Waals surface area contributed by atoms with Crippen LogP contribution in [0.25, 0.3) is 0 Å². The molecular formula is C6H11N3S. The first-order valence-corrected chi connectivity index (χ1v) is 4.17. The molecule has 0 bridgehead atoms. The van der Waals surface area contributed by atoms with Gasteiger partial charge in [-0.05, 0) is 12.7 Å². The minimum atomic E-state index is 0.615. The van der Waals surface area contributed by atoms with Crippen LogP contribution in [0.1, 0.15) is 12.6 Å². The standard InChI is InChI=1S/C6H11N3S/c1-3-10-5-4(2)8-9-6(5)7/h3H2,1-2H3,(H3,7,8,9). The van der Waals surface area contributed by atoms with Crippen LogP contribution in [0, 0.1) is 6.92 Å². The van der Waals surface area contributed by atoms with Crippen molar-refractivity contribution in [1.82, 2.24) is 10.2 Å². The second kappa shape index (κ2) is 2.96. The van der Waals surface area contributed by atoms with Gasteiger partial charge in [0.2, 0.25) is 0 Å². The zero-order chi connectivity index (χ0) is 7.56. The van der Waals surface area contributed by atoms with Crippen LogP contribution < -0.4 is 5.73 Å². The number of H-pyrrole nitrogens is 1. The van der Waals surface area contributed by atoms with E-state index in [1.807, 2.05) is 6.92 Å².